The van der Waals surface area contributed by atoms with Crippen LogP contribution in [-0.4, -0.2) is 39.5 Å². The molecular formula is C30H25LiN4O2. The number of aromatic nitrogens is 2. The van der Waals surface area contributed by atoms with Gasteiger partial charge < -0.3 is 15.0 Å². The van der Waals surface area contributed by atoms with Gasteiger partial charge in [-0.25, -0.2) is 9.78 Å². The van der Waals surface area contributed by atoms with E-state index in [1.54, 1.807) is 18.5 Å². The third-order valence-electron chi connectivity index (χ3n) is 6.44. The van der Waals surface area contributed by atoms with Crippen LogP contribution in [0.1, 0.15) is 38.8 Å². The molecule has 178 valence electrons. The molecule has 5 aromatic rings. The van der Waals surface area contributed by atoms with E-state index in [0.29, 0.717) is 12.1 Å². The molecule has 0 bridgehead atoms. The second-order valence-electron chi connectivity index (χ2n) is 8.69. The standard InChI is InChI=1S/C30H24N4O2.Li.H/c1-34-19-32-18-28(34)29(33-17-20-9-11-22(12-10-20)30(35)36)23-13-14-24(16-31)27(15-23)26-8-4-6-21-5-2-3-7-25(21)26;;/h2-15,18-19,29,33H,17H2,1H3,(H,35,36);;. The minimum atomic E-state index is -0.944. The summed E-state index contributed by atoms with van der Waals surface area (Å²) in [7, 11) is 1.95. The molecule has 0 radical (unpaired) electrons. The van der Waals surface area contributed by atoms with Crippen molar-refractivity contribution in [1.82, 2.24) is 14.9 Å². The van der Waals surface area contributed by atoms with E-state index in [1.165, 1.54) is 0 Å². The number of carboxylic acid groups (broad SMARTS) is 1. The summed E-state index contributed by atoms with van der Waals surface area (Å²) >= 11 is 0. The first-order valence-corrected chi connectivity index (χ1v) is 11.6. The van der Waals surface area contributed by atoms with Crippen LogP contribution in [0.4, 0.5) is 0 Å². The van der Waals surface area contributed by atoms with Gasteiger partial charge in [0.25, 0.3) is 0 Å². The van der Waals surface area contributed by atoms with Gasteiger partial charge in [0.05, 0.1) is 41.5 Å². The molecule has 0 fully saturated rings. The van der Waals surface area contributed by atoms with E-state index in [2.05, 4.69) is 46.7 Å². The fourth-order valence-corrected chi connectivity index (χ4v) is 4.55. The maximum atomic E-state index is 11.2. The second kappa shape index (κ2) is 11.3. The third kappa shape index (κ3) is 5.35. The number of benzene rings is 4. The molecule has 37 heavy (non-hydrogen) atoms. The van der Waals surface area contributed by atoms with E-state index < -0.39 is 5.97 Å². The van der Waals surface area contributed by atoms with E-state index in [4.69, 9.17) is 0 Å². The third-order valence-corrected chi connectivity index (χ3v) is 6.44. The van der Waals surface area contributed by atoms with Crippen LogP contribution < -0.4 is 5.32 Å². The summed E-state index contributed by atoms with van der Waals surface area (Å²) in [4.78, 5) is 15.5. The molecule has 0 spiro atoms. The Hall–Kier alpha value is -4.13. The number of hydrogen-bond donors (Lipinski definition) is 2. The molecule has 7 heteroatoms. The first-order chi connectivity index (χ1) is 17.5. The summed E-state index contributed by atoms with van der Waals surface area (Å²) in [5.74, 6) is -0.944. The summed E-state index contributed by atoms with van der Waals surface area (Å²) in [5, 5.41) is 24.9. The minimum absolute atomic E-state index is 0. The van der Waals surface area contributed by atoms with Gasteiger partial charge in [0, 0.05) is 19.2 Å². The Kier molecular flexibility index (Phi) is 7.91. The van der Waals surface area contributed by atoms with E-state index in [1.807, 2.05) is 60.3 Å². The van der Waals surface area contributed by atoms with E-state index in [-0.39, 0.29) is 30.5 Å². The molecule has 0 saturated heterocycles. The van der Waals surface area contributed by atoms with Crippen molar-refractivity contribution in [2.75, 3.05) is 0 Å². The quantitative estimate of drug-likeness (QED) is 0.319. The van der Waals surface area contributed by atoms with Crippen molar-refractivity contribution >= 4 is 35.6 Å². The van der Waals surface area contributed by atoms with Gasteiger partial charge in [-0.3, -0.25) is 0 Å². The van der Waals surface area contributed by atoms with Crippen LogP contribution in [-0.2, 0) is 13.6 Å². The fourth-order valence-electron chi connectivity index (χ4n) is 4.55. The van der Waals surface area contributed by atoms with Crippen molar-refractivity contribution in [3.05, 3.63) is 125 Å². The molecule has 0 aliphatic heterocycles. The number of nitrogens with one attached hydrogen (secondary N) is 1. The SMILES string of the molecule is Cn1cncc1C(NCc1ccc(C(=O)O)cc1)c1ccc(C#N)c(-c2cccc3ccccc23)c1.[LiH]. The summed E-state index contributed by atoms with van der Waals surface area (Å²) in [5.41, 5.74) is 5.71. The van der Waals surface area contributed by atoms with Gasteiger partial charge in [-0.2, -0.15) is 5.26 Å². The molecule has 5 rings (SSSR count). The van der Waals surface area contributed by atoms with Crippen molar-refractivity contribution in [2.45, 2.75) is 12.6 Å². The normalized spacial score (nSPS) is 11.5. The Morgan fingerprint density at radius 3 is 2.49 bits per heavy atom. The molecular weight excluding hydrogens is 455 g/mol. The van der Waals surface area contributed by atoms with Gasteiger partial charge >= 0.3 is 24.8 Å². The number of nitriles is 1. The van der Waals surface area contributed by atoms with Crippen molar-refractivity contribution in [3.63, 3.8) is 0 Å². The monoisotopic (exact) mass is 480 g/mol. The van der Waals surface area contributed by atoms with Gasteiger partial charge in [0.15, 0.2) is 0 Å². The van der Waals surface area contributed by atoms with Crippen molar-refractivity contribution in [1.29, 1.82) is 5.26 Å². The molecule has 0 aliphatic carbocycles. The van der Waals surface area contributed by atoms with Crippen LogP contribution in [0.25, 0.3) is 21.9 Å². The molecule has 1 unspecified atom stereocenters. The number of fused-ring (bicyclic) bond motifs is 1. The molecule has 0 amide bonds. The molecule has 1 atom stereocenters. The molecule has 6 nitrogen and oxygen atoms in total. The summed E-state index contributed by atoms with van der Waals surface area (Å²) in [6, 6.07) is 29.3. The molecule has 0 saturated carbocycles. The van der Waals surface area contributed by atoms with Crippen molar-refractivity contribution in [3.8, 4) is 17.2 Å². The molecule has 0 aliphatic rings. The van der Waals surface area contributed by atoms with Crippen molar-refractivity contribution in [2.24, 2.45) is 7.05 Å². The second-order valence-corrected chi connectivity index (χ2v) is 8.69. The van der Waals surface area contributed by atoms with E-state index in [9.17, 15) is 15.2 Å². The van der Waals surface area contributed by atoms with Crippen LogP contribution in [0, 0.1) is 11.3 Å². The average molecular weight is 480 g/mol. The van der Waals surface area contributed by atoms with Crippen molar-refractivity contribution < 1.29 is 9.90 Å². The summed E-state index contributed by atoms with van der Waals surface area (Å²) < 4.78 is 1.97. The van der Waals surface area contributed by atoms with Gasteiger partial charge in [-0.15, -0.1) is 0 Å². The molecule has 1 aromatic heterocycles. The van der Waals surface area contributed by atoms with Crippen LogP contribution in [0.2, 0.25) is 0 Å². The Morgan fingerprint density at radius 2 is 1.78 bits per heavy atom. The van der Waals surface area contributed by atoms with Gasteiger partial charge in [0.2, 0.25) is 0 Å². The zero-order chi connectivity index (χ0) is 25.1. The molecule has 2 N–H and O–H groups in total. The topological polar surface area (TPSA) is 90.9 Å². The Balaban J connectivity index is 0.00000320. The Morgan fingerprint density at radius 1 is 1.03 bits per heavy atom. The summed E-state index contributed by atoms with van der Waals surface area (Å²) in [6.07, 6.45) is 3.60. The summed E-state index contributed by atoms with van der Waals surface area (Å²) in [6.45, 7) is 0.527. The van der Waals surface area contributed by atoms with Crippen LogP contribution in [0.15, 0.2) is 97.5 Å². The van der Waals surface area contributed by atoms with Gasteiger partial charge in [-0.05, 0) is 51.7 Å². The number of imidazole rings is 1. The first kappa shape index (κ1) is 25.9. The van der Waals surface area contributed by atoms with Crippen LogP contribution in [0.5, 0.6) is 0 Å². The predicted octanol–water partition coefficient (Wildman–Crippen LogP) is 5.04. The zero-order valence-electron chi connectivity index (χ0n) is 19.7. The fraction of sp³-hybridized carbons (Fsp3) is 0.100. The van der Waals surface area contributed by atoms with E-state index >= 15 is 0 Å². The first-order valence-electron chi connectivity index (χ1n) is 11.6. The Labute approximate surface area is 227 Å². The van der Waals surface area contributed by atoms with E-state index in [0.717, 1.165) is 38.7 Å². The van der Waals surface area contributed by atoms with Crippen LogP contribution in [0.3, 0.4) is 0 Å². The number of nitrogens with zero attached hydrogens (tertiary/aromatic N) is 3. The molecule has 4 aromatic carbocycles. The number of carbonyl (C=O) groups is 1. The number of aromatic carboxylic acids is 1. The maximum absolute atomic E-state index is 11.2. The number of rotatable bonds is 7. The zero-order valence-corrected chi connectivity index (χ0v) is 19.7. The molecule has 1 heterocycles. The average Bonchev–Trinajstić information content (AvgIpc) is 3.34. The van der Waals surface area contributed by atoms with Crippen LogP contribution >= 0.6 is 0 Å². The Bertz CT molecular complexity index is 1600. The van der Waals surface area contributed by atoms with Gasteiger partial charge in [0.1, 0.15) is 0 Å². The predicted molar refractivity (Wildman–Crippen MR) is 147 cm³/mol. The number of hydrogen-bond acceptors (Lipinski definition) is 4. The number of carboxylic acids is 1. The number of aryl methyl sites for hydroxylation is 1. The van der Waals surface area contributed by atoms with Gasteiger partial charge in [-0.1, -0.05) is 60.7 Å².